The van der Waals surface area contributed by atoms with Gasteiger partial charge < -0.3 is 4.52 Å². The van der Waals surface area contributed by atoms with Crippen molar-refractivity contribution in [1.82, 2.24) is 0 Å². The molecule has 0 saturated heterocycles. The van der Waals surface area contributed by atoms with Crippen LogP contribution < -0.4 is 4.52 Å². The lowest BCUT2D eigenvalue weighted by Crippen LogP contribution is -2.11. The molecule has 0 atom stereocenters. The molecular weight excluding hydrogens is 313 g/mol. The second-order valence-electron chi connectivity index (χ2n) is 5.05. The number of aryl methyl sites for hydroxylation is 1. The molecule has 1 rings (SSSR count). The molecule has 0 aliphatic carbocycles. The Morgan fingerprint density at radius 1 is 1.19 bits per heavy atom. The zero-order valence-corrected chi connectivity index (χ0v) is 14.4. The summed E-state index contributed by atoms with van der Waals surface area (Å²) < 4.78 is 16.9. The molecule has 1 aromatic rings. The van der Waals surface area contributed by atoms with E-state index in [4.69, 9.17) is 25.4 Å². The molecule has 0 radical (unpaired) electrons. The molecular formula is C13H20NO5PS. The van der Waals surface area contributed by atoms with Gasteiger partial charge in [0.2, 0.25) is 0 Å². The minimum atomic E-state index is -2.95. The van der Waals surface area contributed by atoms with E-state index in [1.165, 1.54) is 12.1 Å². The van der Waals surface area contributed by atoms with Crippen molar-refractivity contribution in [3.63, 3.8) is 0 Å². The van der Waals surface area contributed by atoms with Crippen LogP contribution in [0.3, 0.4) is 0 Å². The quantitative estimate of drug-likeness (QED) is 0.419. The summed E-state index contributed by atoms with van der Waals surface area (Å²) in [5, 5.41) is 10.8. The van der Waals surface area contributed by atoms with E-state index in [0.29, 0.717) is 11.3 Å². The standard InChI is InChI=1S/C13H20NO5PS/c1-9(2)17-20(21,18-10(3)4)19-12-6-7-13(14(15)16)11(5)8-12/h6-10H,1-5H3. The molecule has 0 amide bonds. The van der Waals surface area contributed by atoms with E-state index < -0.39 is 11.6 Å². The highest BCUT2D eigenvalue weighted by molar-refractivity contribution is 8.07. The first kappa shape index (κ1) is 18.0. The number of nitro groups is 1. The van der Waals surface area contributed by atoms with Gasteiger partial charge in [-0.05, 0) is 46.8 Å². The van der Waals surface area contributed by atoms with Crippen LogP contribution >= 0.6 is 6.72 Å². The third-order valence-corrected chi connectivity index (χ3v) is 4.80. The predicted molar refractivity (Wildman–Crippen MR) is 85.2 cm³/mol. The summed E-state index contributed by atoms with van der Waals surface area (Å²) >= 11 is 5.37. The van der Waals surface area contributed by atoms with Crippen molar-refractivity contribution in [2.75, 3.05) is 0 Å². The van der Waals surface area contributed by atoms with Crippen molar-refractivity contribution in [2.24, 2.45) is 0 Å². The van der Waals surface area contributed by atoms with Crippen LogP contribution in [0.5, 0.6) is 5.75 Å². The fourth-order valence-electron chi connectivity index (χ4n) is 1.60. The second-order valence-corrected chi connectivity index (χ2v) is 7.89. The fourth-order valence-corrected chi connectivity index (χ4v) is 4.43. The van der Waals surface area contributed by atoms with E-state index in [1.54, 1.807) is 13.0 Å². The number of benzene rings is 1. The predicted octanol–water partition coefficient (Wildman–Crippen LogP) is 4.36. The molecule has 6 nitrogen and oxygen atoms in total. The lowest BCUT2D eigenvalue weighted by atomic mass is 10.2. The van der Waals surface area contributed by atoms with E-state index in [0.717, 1.165) is 0 Å². The molecule has 8 heteroatoms. The minimum Gasteiger partial charge on any atom is -0.424 e. The summed E-state index contributed by atoms with van der Waals surface area (Å²) in [6, 6.07) is 4.45. The zero-order valence-electron chi connectivity index (χ0n) is 12.7. The SMILES string of the molecule is Cc1cc(OP(=S)(OC(C)C)OC(C)C)ccc1[N+](=O)[O-]. The smallest absolute Gasteiger partial charge is 0.381 e. The van der Waals surface area contributed by atoms with Gasteiger partial charge in [-0.1, -0.05) is 0 Å². The molecule has 0 bridgehead atoms. The summed E-state index contributed by atoms with van der Waals surface area (Å²) in [6.07, 6.45) is -0.289. The maximum absolute atomic E-state index is 10.8. The minimum absolute atomic E-state index is 0.0326. The summed E-state index contributed by atoms with van der Waals surface area (Å²) in [7, 11) is 0. The van der Waals surface area contributed by atoms with Gasteiger partial charge in [0, 0.05) is 23.4 Å². The Morgan fingerprint density at radius 3 is 2.10 bits per heavy atom. The number of hydrogen-bond acceptors (Lipinski definition) is 6. The Hall–Kier alpha value is -1.01. The van der Waals surface area contributed by atoms with Gasteiger partial charge in [0.25, 0.3) is 5.69 Å². The van der Waals surface area contributed by atoms with Crippen molar-refractivity contribution >= 4 is 24.2 Å². The van der Waals surface area contributed by atoms with Crippen LogP contribution in [-0.4, -0.2) is 17.1 Å². The number of hydrogen-bond donors (Lipinski definition) is 0. The molecule has 0 spiro atoms. The number of rotatable bonds is 7. The Morgan fingerprint density at radius 2 is 1.71 bits per heavy atom. The van der Waals surface area contributed by atoms with E-state index in [1.807, 2.05) is 27.7 Å². The van der Waals surface area contributed by atoms with Crippen molar-refractivity contribution in [1.29, 1.82) is 0 Å². The Labute approximate surface area is 129 Å². The van der Waals surface area contributed by atoms with Crippen molar-refractivity contribution in [3.8, 4) is 5.75 Å². The first-order chi connectivity index (χ1) is 9.63. The third-order valence-electron chi connectivity index (χ3n) is 2.26. The lowest BCUT2D eigenvalue weighted by Gasteiger charge is -2.26. The van der Waals surface area contributed by atoms with Crippen molar-refractivity contribution in [3.05, 3.63) is 33.9 Å². The summed E-state index contributed by atoms with van der Waals surface area (Å²) in [5.41, 5.74) is 0.526. The zero-order chi connectivity index (χ0) is 16.2. The van der Waals surface area contributed by atoms with E-state index in [-0.39, 0.29) is 17.9 Å². The van der Waals surface area contributed by atoms with Gasteiger partial charge in [-0.15, -0.1) is 0 Å². The van der Waals surface area contributed by atoms with Crippen LogP contribution in [0.25, 0.3) is 0 Å². The van der Waals surface area contributed by atoms with Gasteiger partial charge in [0.05, 0.1) is 17.1 Å². The van der Waals surface area contributed by atoms with Gasteiger partial charge in [0.15, 0.2) is 0 Å². The highest BCUT2D eigenvalue weighted by Crippen LogP contribution is 2.52. The molecule has 0 aliphatic rings. The highest BCUT2D eigenvalue weighted by Gasteiger charge is 2.26. The largest absolute Gasteiger partial charge is 0.424 e. The first-order valence-corrected chi connectivity index (χ1v) is 9.10. The van der Waals surface area contributed by atoms with Gasteiger partial charge >= 0.3 is 6.72 Å². The van der Waals surface area contributed by atoms with Crippen LogP contribution in [-0.2, 0) is 20.9 Å². The summed E-state index contributed by atoms with van der Waals surface area (Å²) in [5.74, 6) is 0.405. The fraction of sp³-hybridized carbons (Fsp3) is 0.538. The molecule has 0 heterocycles. The van der Waals surface area contributed by atoms with Crippen LogP contribution in [0.2, 0.25) is 0 Å². The van der Waals surface area contributed by atoms with Gasteiger partial charge in [-0.25, -0.2) is 0 Å². The number of nitro benzene ring substituents is 1. The average Bonchev–Trinajstić information content (AvgIpc) is 2.24. The topological polar surface area (TPSA) is 70.8 Å². The molecule has 0 unspecified atom stereocenters. The Balaban J connectivity index is 3.01. The molecule has 21 heavy (non-hydrogen) atoms. The molecule has 0 saturated carbocycles. The Bertz CT molecular complexity index is 547. The summed E-state index contributed by atoms with van der Waals surface area (Å²) in [6.45, 7) is 6.06. The van der Waals surface area contributed by atoms with Crippen LogP contribution in [0.15, 0.2) is 18.2 Å². The molecule has 0 N–H and O–H groups in total. The van der Waals surface area contributed by atoms with Crippen LogP contribution in [0.1, 0.15) is 33.3 Å². The summed E-state index contributed by atoms with van der Waals surface area (Å²) in [4.78, 5) is 10.4. The number of nitrogens with zero attached hydrogens (tertiary/aromatic N) is 1. The van der Waals surface area contributed by atoms with Crippen LogP contribution in [0.4, 0.5) is 5.69 Å². The van der Waals surface area contributed by atoms with Gasteiger partial charge in [0.1, 0.15) is 5.75 Å². The van der Waals surface area contributed by atoms with Gasteiger partial charge in [-0.3, -0.25) is 19.2 Å². The maximum Gasteiger partial charge on any atom is 0.381 e. The highest BCUT2D eigenvalue weighted by atomic mass is 32.5. The van der Waals surface area contributed by atoms with Gasteiger partial charge in [-0.2, -0.15) is 0 Å². The van der Waals surface area contributed by atoms with Crippen molar-refractivity contribution < 1.29 is 18.5 Å². The average molecular weight is 333 g/mol. The van der Waals surface area contributed by atoms with Crippen LogP contribution in [0, 0.1) is 17.0 Å². The van der Waals surface area contributed by atoms with E-state index in [9.17, 15) is 10.1 Å². The lowest BCUT2D eigenvalue weighted by molar-refractivity contribution is -0.385. The maximum atomic E-state index is 10.8. The molecule has 0 aliphatic heterocycles. The first-order valence-electron chi connectivity index (χ1n) is 6.54. The molecule has 118 valence electrons. The van der Waals surface area contributed by atoms with E-state index >= 15 is 0 Å². The monoisotopic (exact) mass is 333 g/mol. The third kappa shape index (κ3) is 5.71. The second kappa shape index (κ2) is 7.31. The van der Waals surface area contributed by atoms with E-state index in [2.05, 4.69) is 0 Å². The normalized spacial score (nSPS) is 12.0. The molecule has 1 aromatic carbocycles. The molecule has 0 aromatic heterocycles. The van der Waals surface area contributed by atoms with Crippen molar-refractivity contribution in [2.45, 2.75) is 46.8 Å². The molecule has 0 fully saturated rings. The Kier molecular flexibility index (Phi) is 6.28.